The van der Waals surface area contributed by atoms with Crippen molar-refractivity contribution in [2.45, 2.75) is 51.4 Å². The topological polar surface area (TPSA) is 71.1 Å². The molecule has 0 heterocycles. The first kappa shape index (κ1) is 25.4. The summed E-state index contributed by atoms with van der Waals surface area (Å²) >= 11 is 10.9. The highest BCUT2D eigenvalue weighted by atomic mass is 35.5. The standard InChI is InChI=1S/C18H32Cl2O6/c19-9-11-23-13-15-25-17(21)7-5-3-1-2-4-6-8-18(22)26-16-14-24-12-10-20/h1-16H2. The second-order valence-electron chi connectivity index (χ2n) is 5.66. The van der Waals surface area contributed by atoms with Gasteiger partial charge < -0.3 is 18.9 Å². The Morgan fingerprint density at radius 2 is 0.923 bits per heavy atom. The highest BCUT2D eigenvalue weighted by molar-refractivity contribution is 6.18. The Kier molecular flexibility index (Phi) is 20.3. The molecule has 0 atom stereocenters. The number of hydrogen-bond donors (Lipinski definition) is 0. The number of alkyl halides is 2. The molecular formula is C18H32Cl2O6. The lowest BCUT2D eigenvalue weighted by Crippen LogP contribution is -2.11. The smallest absolute Gasteiger partial charge is 0.305 e. The van der Waals surface area contributed by atoms with Gasteiger partial charge in [0.25, 0.3) is 0 Å². The van der Waals surface area contributed by atoms with E-state index < -0.39 is 0 Å². The Balaban J connectivity index is 3.25. The Morgan fingerprint density at radius 3 is 1.31 bits per heavy atom. The van der Waals surface area contributed by atoms with Crippen molar-refractivity contribution in [1.29, 1.82) is 0 Å². The summed E-state index contributed by atoms with van der Waals surface area (Å²) in [4.78, 5) is 22.9. The summed E-state index contributed by atoms with van der Waals surface area (Å²) in [7, 11) is 0. The van der Waals surface area contributed by atoms with E-state index in [0.717, 1.165) is 38.5 Å². The van der Waals surface area contributed by atoms with Crippen molar-refractivity contribution < 1.29 is 28.5 Å². The van der Waals surface area contributed by atoms with Gasteiger partial charge in [-0.2, -0.15) is 0 Å². The summed E-state index contributed by atoms with van der Waals surface area (Å²) < 4.78 is 20.3. The van der Waals surface area contributed by atoms with Crippen LogP contribution in [-0.2, 0) is 28.5 Å². The third-order valence-electron chi connectivity index (χ3n) is 3.44. The van der Waals surface area contributed by atoms with Crippen LogP contribution in [0.15, 0.2) is 0 Å². The lowest BCUT2D eigenvalue weighted by atomic mass is 10.1. The number of unbranched alkanes of at least 4 members (excludes halogenated alkanes) is 5. The van der Waals surface area contributed by atoms with Crippen LogP contribution < -0.4 is 0 Å². The molecule has 0 amide bonds. The molecule has 26 heavy (non-hydrogen) atoms. The highest BCUT2D eigenvalue weighted by Gasteiger charge is 2.04. The summed E-state index contributed by atoms with van der Waals surface area (Å²) in [5.74, 6) is 0.521. The molecule has 0 aliphatic rings. The zero-order valence-electron chi connectivity index (χ0n) is 15.5. The van der Waals surface area contributed by atoms with Gasteiger partial charge in [0.1, 0.15) is 13.2 Å². The van der Waals surface area contributed by atoms with Gasteiger partial charge in [-0.3, -0.25) is 9.59 Å². The van der Waals surface area contributed by atoms with Crippen LogP contribution in [0.25, 0.3) is 0 Å². The quantitative estimate of drug-likeness (QED) is 0.182. The summed E-state index contributed by atoms with van der Waals surface area (Å²) in [5.41, 5.74) is 0. The van der Waals surface area contributed by atoms with Gasteiger partial charge in [-0.15, -0.1) is 23.2 Å². The second-order valence-corrected chi connectivity index (χ2v) is 6.42. The minimum Gasteiger partial charge on any atom is -0.463 e. The number of carbonyl (C=O) groups is 2. The van der Waals surface area contributed by atoms with Crippen molar-refractivity contribution in [3.8, 4) is 0 Å². The fraction of sp³-hybridized carbons (Fsp3) is 0.889. The predicted octanol–water partition coefficient (Wildman–Crippen LogP) is 3.70. The first-order chi connectivity index (χ1) is 12.7. The maximum Gasteiger partial charge on any atom is 0.305 e. The highest BCUT2D eigenvalue weighted by Crippen LogP contribution is 2.09. The molecule has 0 aromatic heterocycles. The van der Waals surface area contributed by atoms with Crippen LogP contribution >= 0.6 is 23.2 Å². The zero-order chi connectivity index (χ0) is 19.3. The Hall–Kier alpha value is -0.560. The number of carbonyl (C=O) groups excluding carboxylic acids is 2. The maximum absolute atomic E-state index is 11.5. The van der Waals surface area contributed by atoms with Crippen molar-refractivity contribution in [3.63, 3.8) is 0 Å². The zero-order valence-corrected chi connectivity index (χ0v) is 17.0. The Bertz CT molecular complexity index is 310. The molecule has 0 aliphatic carbocycles. The molecule has 0 rings (SSSR count). The first-order valence-corrected chi connectivity index (χ1v) is 10.4. The molecule has 6 nitrogen and oxygen atoms in total. The third kappa shape index (κ3) is 19.8. The van der Waals surface area contributed by atoms with Crippen LogP contribution in [0.4, 0.5) is 0 Å². The number of ether oxygens (including phenoxy) is 4. The van der Waals surface area contributed by atoms with E-state index >= 15 is 0 Å². The van der Waals surface area contributed by atoms with Gasteiger partial charge in [0.2, 0.25) is 0 Å². The van der Waals surface area contributed by atoms with Crippen LogP contribution in [0.2, 0.25) is 0 Å². The number of halogens is 2. The SMILES string of the molecule is O=C(CCCCCCCCC(=O)OCCOCCCl)OCCOCCCl. The van der Waals surface area contributed by atoms with Crippen LogP contribution in [0.5, 0.6) is 0 Å². The molecule has 0 aromatic rings. The number of rotatable bonds is 19. The van der Waals surface area contributed by atoms with Gasteiger partial charge in [-0.05, 0) is 12.8 Å². The molecule has 0 fully saturated rings. The van der Waals surface area contributed by atoms with Crippen molar-refractivity contribution >= 4 is 35.1 Å². The molecule has 0 aliphatic heterocycles. The van der Waals surface area contributed by atoms with E-state index in [2.05, 4.69) is 0 Å². The normalized spacial score (nSPS) is 10.7. The van der Waals surface area contributed by atoms with Crippen LogP contribution in [0.3, 0.4) is 0 Å². The van der Waals surface area contributed by atoms with E-state index in [1.54, 1.807) is 0 Å². The lowest BCUT2D eigenvalue weighted by molar-refractivity contribution is -0.146. The fourth-order valence-corrected chi connectivity index (χ4v) is 2.35. The van der Waals surface area contributed by atoms with Gasteiger partial charge in [-0.1, -0.05) is 25.7 Å². The minimum absolute atomic E-state index is 0.183. The van der Waals surface area contributed by atoms with E-state index in [-0.39, 0.29) is 25.2 Å². The predicted molar refractivity (Wildman–Crippen MR) is 102 cm³/mol. The van der Waals surface area contributed by atoms with Crippen molar-refractivity contribution in [1.82, 2.24) is 0 Å². The largest absolute Gasteiger partial charge is 0.463 e. The van der Waals surface area contributed by atoms with E-state index in [4.69, 9.17) is 42.1 Å². The van der Waals surface area contributed by atoms with Gasteiger partial charge in [0, 0.05) is 24.6 Å². The molecule has 154 valence electrons. The van der Waals surface area contributed by atoms with E-state index in [9.17, 15) is 9.59 Å². The van der Waals surface area contributed by atoms with Crippen molar-refractivity contribution in [2.24, 2.45) is 0 Å². The van der Waals surface area contributed by atoms with Crippen LogP contribution in [-0.4, -0.2) is 63.3 Å². The third-order valence-corrected chi connectivity index (χ3v) is 3.74. The summed E-state index contributed by atoms with van der Waals surface area (Å²) in [5, 5.41) is 0. The Morgan fingerprint density at radius 1 is 0.538 bits per heavy atom. The van der Waals surface area contributed by atoms with Crippen LogP contribution in [0.1, 0.15) is 51.4 Å². The van der Waals surface area contributed by atoms with Crippen molar-refractivity contribution in [2.75, 3.05) is 51.4 Å². The van der Waals surface area contributed by atoms with E-state index in [1.165, 1.54) is 0 Å². The van der Waals surface area contributed by atoms with Crippen LogP contribution in [0, 0.1) is 0 Å². The molecule has 0 N–H and O–H groups in total. The fourth-order valence-electron chi connectivity index (χ4n) is 2.13. The molecule has 8 heteroatoms. The molecule has 0 radical (unpaired) electrons. The van der Waals surface area contributed by atoms with Gasteiger partial charge in [0.05, 0.1) is 26.4 Å². The molecule has 0 bridgehead atoms. The number of hydrogen-bond acceptors (Lipinski definition) is 6. The molecule has 0 spiro atoms. The minimum atomic E-state index is -0.183. The molecule has 0 aromatic carbocycles. The number of esters is 2. The second kappa shape index (κ2) is 20.7. The van der Waals surface area contributed by atoms with Gasteiger partial charge in [0.15, 0.2) is 0 Å². The van der Waals surface area contributed by atoms with E-state index in [1.807, 2.05) is 0 Å². The summed E-state index contributed by atoms with van der Waals surface area (Å²) in [6, 6.07) is 0. The molecule has 0 unspecified atom stereocenters. The van der Waals surface area contributed by atoms with Crippen molar-refractivity contribution in [3.05, 3.63) is 0 Å². The Labute approximate surface area is 166 Å². The average molecular weight is 415 g/mol. The first-order valence-electron chi connectivity index (χ1n) is 9.29. The van der Waals surface area contributed by atoms with E-state index in [0.29, 0.717) is 51.0 Å². The lowest BCUT2D eigenvalue weighted by Gasteiger charge is -2.06. The van der Waals surface area contributed by atoms with Gasteiger partial charge in [-0.25, -0.2) is 0 Å². The molecule has 0 saturated heterocycles. The maximum atomic E-state index is 11.5. The monoisotopic (exact) mass is 414 g/mol. The van der Waals surface area contributed by atoms with Gasteiger partial charge >= 0.3 is 11.9 Å². The summed E-state index contributed by atoms with van der Waals surface area (Å²) in [6.45, 7) is 2.29. The molecular weight excluding hydrogens is 383 g/mol. The summed E-state index contributed by atoms with van der Waals surface area (Å²) in [6.07, 6.45) is 6.60. The average Bonchev–Trinajstić information content (AvgIpc) is 2.63. The molecule has 0 saturated carbocycles.